The Bertz CT molecular complexity index is 755. The first-order valence-corrected chi connectivity index (χ1v) is 13.6. The van der Waals surface area contributed by atoms with Crippen molar-refractivity contribution in [2.24, 2.45) is 0 Å². The Hall–Kier alpha value is -1.00. The lowest BCUT2D eigenvalue weighted by atomic mass is 9.60. The van der Waals surface area contributed by atoms with Crippen LogP contribution in [0, 0.1) is 0 Å². The SMILES string of the molecule is CC1CC(OCC(=O)NC23CCC(NC(=O)COC4CCC(Cl)C(F)C4)(CC2)C[C@@H]3O)CC(C)N1. The number of ether oxygens (including phenoxy) is 2. The van der Waals surface area contributed by atoms with Gasteiger partial charge in [-0.1, -0.05) is 0 Å². The average molecular weight is 518 g/mol. The molecule has 10 heteroatoms. The standard InChI is InChI=1S/C25H41ClFN3O5/c1-15-9-18(10-16(2)28-15)35-14-23(33)30-25-7-5-24(6-8-25,12-21(25)31)29-22(32)13-34-17-3-4-19(26)20(27)11-17/h15-21,28,31H,3-14H2,1-2H3,(H,29,32)(H,30,33)/t15?,16?,17?,18?,19?,20?,21-,24?,25?/m0/s1. The van der Waals surface area contributed by atoms with Crippen LogP contribution in [0.3, 0.4) is 0 Å². The lowest BCUT2D eigenvalue weighted by Gasteiger charge is -2.56. The third kappa shape index (κ3) is 6.66. The summed E-state index contributed by atoms with van der Waals surface area (Å²) in [5.74, 6) is -0.453. The van der Waals surface area contributed by atoms with E-state index in [2.05, 4.69) is 29.8 Å². The van der Waals surface area contributed by atoms with E-state index in [0.29, 0.717) is 57.0 Å². The zero-order valence-electron chi connectivity index (χ0n) is 20.9. The summed E-state index contributed by atoms with van der Waals surface area (Å²) in [6.07, 6.45) is 3.95. The molecule has 1 heterocycles. The minimum absolute atomic E-state index is 0.0108. The van der Waals surface area contributed by atoms with Crippen LogP contribution in [0.2, 0.25) is 0 Å². The van der Waals surface area contributed by atoms with Crippen molar-refractivity contribution in [1.82, 2.24) is 16.0 Å². The number of alkyl halides is 2. The normalized spacial score (nSPS) is 43.5. The van der Waals surface area contributed by atoms with Crippen molar-refractivity contribution >= 4 is 23.4 Å². The smallest absolute Gasteiger partial charge is 0.246 e. The summed E-state index contributed by atoms with van der Waals surface area (Å²) >= 11 is 5.92. The van der Waals surface area contributed by atoms with E-state index in [1.165, 1.54) is 0 Å². The Labute approximate surface area is 212 Å². The summed E-state index contributed by atoms with van der Waals surface area (Å²) in [6.45, 7) is 4.10. The molecular weight excluding hydrogens is 477 g/mol. The van der Waals surface area contributed by atoms with Gasteiger partial charge in [0.2, 0.25) is 11.8 Å². The molecule has 0 spiro atoms. The predicted molar refractivity (Wildman–Crippen MR) is 130 cm³/mol. The van der Waals surface area contributed by atoms with E-state index < -0.39 is 28.7 Å². The van der Waals surface area contributed by atoms with Gasteiger partial charge in [-0.3, -0.25) is 9.59 Å². The van der Waals surface area contributed by atoms with Crippen LogP contribution in [0.1, 0.15) is 78.1 Å². The fourth-order valence-corrected chi connectivity index (χ4v) is 6.76. The second-order valence-electron chi connectivity index (χ2n) is 11.4. The van der Waals surface area contributed by atoms with Gasteiger partial charge in [-0.15, -0.1) is 11.6 Å². The summed E-state index contributed by atoms with van der Waals surface area (Å²) < 4.78 is 25.3. The first kappa shape index (κ1) is 27.0. The molecule has 0 aromatic carbocycles. The predicted octanol–water partition coefficient (Wildman–Crippen LogP) is 2.10. The molecule has 0 aromatic heterocycles. The second-order valence-corrected chi connectivity index (χ2v) is 12.0. The number of aliphatic hydroxyl groups excluding tert-OH is 1. The quantitative estimate of drug-likeness (QED) is 0.367. The maximum Gasteiger partial charge on any atom is 0.246 e. The number of fused-ring (bicyclic) bond motifs is 3. The van der Waals surface area contributed by atoms with E-state index in [9.17, 15) is 19.1 Å². The van der Waals surface area contributed by atoms with Crippen molar-refractivity contribution in [3.63, 3.8) is 0 Å². The molecule has 6 atom stereocenters. The maximum atomic E-state index is 13.8. The lowest BCUT2D eigenvalue weighted by molar-refractivity contribution is -0.142. The molecule has 5 fully saturated rings. The number of carbonyl (C=O) groups is 2. The summed E-state index contributed by atoms with van der Waals surface area (Å²) in [4.78, 5) is 25.3. The molecule has 8 nitrogen and oxygen atoms in total. The number of nitrogens with one attached hydrogen (secondary N) is 3. The van der Waals surface area contributed by atoms with E-state index in [1.54, 1.807) is 0 Å². The number of carbonyl (C=O) groups excluding carboxylic acids is 2. The van der Waals surface area contributed by atoms with Gasteiger partial charge in [-0.05, 0) is 71.6 Å². The molecule has 0 aromatic rings. The second kappa shape index (κ2) is 11.2. The van der Waals surface area contributed by atoms with Crippen molar-refractivity contribution < 1.29 is 28.6 Å². The Balaban J connectivity index is 1.21. The Morgan fingerprint density at radius 3 is 2.17 bits per heavy atom. The number of hydrogen-bond acceptors (Lipinski definition) is 6. The molecule has 2 amide bonds. The van der Waals surface area contributed by atoms with Crippen LogP contribution < -0.4 is 16.0 Å². The molecule has 4 N–H and O–H groups in total. The van der Waals surface area contributed by atoms with Crippen molar-refractivity contribution in [2.75, 3.05) is 13.2 Å². The van der Waals surface area contributed by atoms with Crippen molar-refractivity contribution in [1.29, 1.82) is 0 Å². The number of aliphatic hydroxyl groups is 1. The highest BCUT2D eigenvalue weighted by molar-refractivity contribution is 6.21. The van der Waals surface area contributed by atoms with Crippen LogP contribution in [0.4, 0.5) is 4.39 Å². The number of piperidine rings is 1. The molecule has 35 heavy (non-hydrogen) atoms. The molecule has 1 aliphatic heterocycles. The topological polar surface area (TPSA) is 109 Å². The lowest BCUT2D eigenvalue weighted by Crippen LogP contribution is -2.70. The van der Waals surface area contributed by atoms with Crippen LogP contribution in [0.5, 0.6) is 0 Å². The molecule has 4 aliphatic carbocycles. The van der Waals surface area contributed by atoms with Crippen LogP contribution in [0.25, 0.3) is 0 Å². The highest BCUT2D eigenvalue weighted by Crippen LogP contribution is 2.47. The fourth-order valence-electron chi connectivity index (χ4n) is 6.53. The van der Waals surface area contributed by atoms with Crippen LogP contribution in [0.15, 0.2) is 0 Å². The Kier molecular flexibility index (Phi) is 8.63. The van der Waals surface area contributed by atoms with E-state index in [1.807, 2.05) is 0 Å². The molecule has 0 radical (unpaired) electrons. The number of halogens is 2. The fraction of sp³-hybridized carbons (Fsp3) is 0.920. The van der Waals surface area contributed by atoms with E-state index in [0.717, 1.165) is 12.8 Å². The van der Waals surface area contributed by atoms with Crippen molar-refractivity contribution in [3.8, 4) is 0 Å². The first-order valence-electron chi connectivity index (χ1n) is 13.2. The minimum atomic E-state index is -1.11. The summed E-state index contributed by atoms with van der Waals surface area (Å²) in [7, 11) is 0. The monoisotopic (exact) mass is 517 g/mol. The molecule has 4 saturated carbocycles. The van der Waals surface area contributed by atoms with Gasteiger partial charge in [0.25, 0.3) is 0 Å². The largest absolute Gasteiger partial charge is 0.391 e. The first-order chi connectivity index (χ1) is 16.6. The average Bonchev–Trinajstić information content (AvgIpc) is 2.79. The van der Waals surface area contributed by atoms with Gasteiger partial charge in [-0.25, -0.2) is 4.39 Å². The van der Waals surface area contributed by atoms with Gasteiger partial charge >= 0.3 is 0 Å². The van der Waals surface area contributed by atoms with Crippen LogP contribution >= 0.6 is 11.6 Å². The van der Waals surface area contributed by atoms with Gasteiger partial charge < -0.3 is 30.5 Å². The van der Waals surface area contributed by atoms with Gasteiger partial charge in [0.1, 0.15) is 19.4 Å². The Morgan fingerprint density at radius 1 is 0.971 bits per heavy atom. The van der Waals surface area contributed by atoms with Crippen molar-refractivity contribution in [3.05, 3.63) is 0 Å². The molecule has 1 saturated heterocycles. The molecular formula is C25H41ClFN3O5. The highest BCUT2D eigenvalue weighted by atomic mass is 35.5. The van der Waals surface area contributed by atoms with E-state index in [4.69, 9.17) is 21.1 Å². The third-order valence-electron chi connectivity index (χ3n) is 8.46. The van der Waals surface area contributed by atoms with Gasteiger partial charge in [0.05, 0.1) is 29.2 Å². The molecule has 200 valence electrons. The number of rotatable bonds is 8. The third-order valence-corrected chi connectivity index (χ3v) is 8.95. The van der Waals surface area contributed by atoms with Gasteiger partial charge in [0, 0.05) is 24.0 Å². The zero-order valence-corrected chi connectivity index (χ0v) is 21.6. The minimum Gasteiger partial charge on any atom is -0.391 e. The van der Waals surface area contributed by atoms with Crippen LogP contribution in [-0.2, 0) is 19.1 Å². The van der Waals surface area contributed by atoms with Gasteiger partial charge in [0.15, 0.2) is 0 Å². The summed E-state index contributed by atoms with van der Waals surface area (Å²) in [5.41, 5.74) is -1.17. The zero-order chi connectivity index (χ0) is 25.2. The van der Waals surface area contributed by atoms with E-state index in [-0.39, 0.29) is 43.7 Å². The molecule has 5 aliphatic rings. The highest BCUT2D eigenvalue weighted by Gasteiger charge is 2.55. The summed E-state index contributed by atoms with van der Waals surface area (Å²) in [6, 6.07) is 0.720. The maximum absolute atomic E-state index is 13.8. The van der Waals surface area contributed by atoms with E-state index >= 15 is 0 Å². The number of hydrogen-bond donors (Lipinski definition) is 4. The van der Waals surface area contributed by atoms with Crippen molar-refractivity contribution in [2.45, 2.75) is 131 Å². The Morgan fingerprint density at radius 2 is 1.57 bits per heavy atom. The number of amides is 2. The van der Waals surface area contributed by atoms with Gasteiger partial charge in [-0.2, -0.15) is 0 Å². The summed E-state index contributed by atoms with van der Waals surface area (Å²) in [5, 5.41) is 20.1. The van der Waals surface area contributed by atoms with Crippen LogP contribution in [-0.4, -0.2) is 83.2 Å². The molecule has 5 rings (SSSR count). The molecule has 2 bridgehead atoms. The molecule has 5 unspecified atom stereocenters.